The van der Waals surface area contributed by atoms with Crippen LogP contribution in [0.3, 0.4) is 0 Å². The first-order valence-electron chi connectivity index (χ1n) is 14.4. The van der Waals surface area contributed by atoms with Crippen LogP contribution < -0.4 is 15.0 Å². The van der Waals surface area contributed by atoms with Gasteiger partial charge in [-0.25, -0.2) is 13.8 Å². The van der Waals surface area contributed by atoms with Gasteiger partial charge in [-0.2, -0.15) is 9.97 Å². The molecule has 3 aliphatic rings. The van der Waals surface area contributed by atoms with E-state index in [9.17, 15) is 13.6 Å². The fraction of sp³-hybridized carbons (Fsp3) is 0.586. The number of carbonyl (C=O) groups is 1. The van der Waals surface area contributed by atoms with Gasteiger partial charge >= 0.3 is 0 Å². The Hall–Kier alpha value is -3.18. The van der Waals surface area contributed by atoms with Crippen LogP contribution in [0.5, 0.6) is 5.88 Å². The minimum Gasteiger partial charge on any atom is -0.474 e. The Kier molecular flexibility index (Phi) is 8.20. The molecule has 9 nitrogen and oxygen atoms in total. The number of ketones is 1. The standard InChI is InChI=1S/C29H36F2N6O3/c30-27(31)28-33-23-6-1-2-7-24(23)37(28)25-17-26(35-29(34-25)36-12-14-39-15-13-36)40-22-10-8-19(9-11-22)16-21(38)18-32-20-4-3-5-20/h1-2,6-7,17,19-20,22,27,32H,3-5,8-16,18H2. The molecule has 0 bridgehead atoms. The molecule has 0 spiro atoms. The van der Waals surface area contributed by atoms with Crippen molar-refractivity contribution >= 4 is 22.8 Å². The van der Waals surface area contributed by atoms with E-state index < -0.39 is 6.43 Å². The van der Waals surface area contributed by atoms with E-state index in [2.05, 4.69) is 10.3 Å². The van der Waals surface area contributed by atoms with Gasteiger partial charge < -0.3 is 19.7 Å². The topological polar surface area (TPSA) is 94.4 Å². The second kappa shape index (κ2) is 12.1. The van der Waals surface area contributed by atoms with Gasteiger partial charge in [-0.3, -0.25) is 9.36 Å². The summed E-state index contributed by atoms with van der Waals surface area (Å²) < 4.78 is 41.5. The molecule has 0 amide bonds. The number of nitrogens with one attached hydrogen (secondary N) is 1. The van der Waals surface area contributed by atoms with Crippen molar-refractivity contribution in [2.75, 3.05) is 37.7 Å². The second-order valence-electron chi connectivity index (χ2n) is 11.1. The quantitative estimate of drug-likeness (QED) is 0.388. The van der Waals surface area contributed by atoms with E-state index in [0.29, 0.717) is 79.9 Å². The zero-order valence-electron chi connectivity index (χ0n) is 22.6. The molecule has 0 unspecified atom stereocenters. The summed E-state index contributed by atoms with van der Waals surface area (Å²) in [5, 5.41) is 3.37. The third-order valence-electron chi connectivity index (χ3n) is 8.27. The number of aromatic nitrogens is 4. The molecule has 3 heterocycles. The van der Waals surface area contributed by atoms with Crippen LogP contribution in [0.1, 0.15) is 63.6 Å². The molecule has 6 rings (SSSR count). The Labute approximate surface area is 232 Å². The summed E-state index contributed by atoms with van der Waals surface area (Å²) in [4.78, 5) is 28.0. The number of alkyl halides is 2. The molecule has 0 radical (unpaired) electrons. The Bertz CT molecular complexity index is 1320. The average Bonchev–Trinajstić information content (AvgIpc) is 3.34. The highest BCUT2D eigenvalue weighted by molar-refractivity contribution is 5.80. The first-order valence-corrected chi connectivity index (χ1v) is 14.4. The van der Waals surface area contributed by atoms with E-state index >= 15 is 0 Å². The van der Waals surface area contributed by atoms with Crippen LogP contribution in [0.25, 0.3) is 16.9 Å². The first kappa shape index (κ1) is 27.0. The Morgan fingerprint density at radius 2 is 1.82 bits per heavy atom. The number of hydrogen-bond acceptors (Lipinski definition) is 8. The van der Waals surface area contributed by atoms with E-state index in [4.69, 9.17) is 19.4 Å². The lowest BCUT2D eigenvalue weighted by atomic mass is 9.84. The van der Waals surface area contributed by atoms with E-state index in [1.54, 1.807) is 30.3 Å². The number of anilines is 1. The molecule has 1 saturated heterocycles. The number of rotatable bonds is 10. The van der Waals surface area contributed by atoms with Crippen LogP contribution in [0.15, 0.2) is 30.3 Å². The van der Waals surface area contributed by atoms with Crippen molar-refractivity contribution in [2.45, 2.75) is 69.9 Å². The summed E-state index contributed by atoms with van der Waals surface area (Å²) in [6.45, 7) is 2.75. The maximum absolute atomic E-state index is 14.1. The van der Waals surface area contributed by atoms with Crippen LogP contribution in [-0.4, -0.2) is 70.3 Å². The lowest BCUT2D eigenvalue weighted by molar-refractivity contribution is -0.119. The van der Waals surface area contributed by atoms with E-state index in [1.807, 2.05) is 4.90 Å². The van der Waals surface area contributed by atoms with Gasteiger partial charge in [0.05, 0.1) is 30.8 Å². The zero-order valence-corrected chi connectivity index (χ0v) is 22.6. The molecule has 2 aromatic heterocycles. The predicted molar refractivity (Wildman–Crippen MR) is 146 cm³/mol. The van der Waals surface area contributed by atoms with Crippen LogP contribution in [0.4, 0.5) is 14.7 Å². The maximum atomic E-state index is 14.1. The summed E-state index contributed by atoms with van der Waals surface area (Å²) in [7, 11) is 0. The number of carbonyl (C=O) groups excluding carboxylic acids is 1. The number of hydrogen-bond donors (Lipinski definition) is 1. The molecule has 1 aliphatic heterocycles. The summed E-state index contributed by atoms with van der Waals surface area (Å²) in [5.74, 6) is 1.37. The highest BCUT2D eigenvalue weighted by Crippen LogP contribution is 2.32. The normalized spacial score (nSPS) is 22.0. The number of imidazole rings is 1. The second-order valence-corrected chi connectivity index (χ2v) is 11.1. The third kappa shape index (κ3) is 6.10. The smallest absolute Gasteiger partial charge is 0.296 e. The molecule has 214 valence electrons. The highest BCUT2D eigenvalue weighted by Gasteiger charge is 2.27. The van der Waals surface area contributed by atoms with Gasteiger partial charge in [0.1, 0.15) is 17.7 Å². The number of Topliss-reactive ketones (excluding diaryl/α,β-unsaturated/α-hetero) is 1. The van der Waals surface area contributed by atoms with Crippen molar-refractivity contribution in [1.29, 1.82) is 0 Å². The summed E-state index contributed by atoms with van der Waals surface area (Å²) in [6.07, 6.45) is 4.83. The number of nitrogens with zero attached hydrogens (tertiary/aromatic N) is 5. The SMILES string of the molecule is O=C(CNC1CCC1)CC1CCC(Oc2cc(-n3c(C(F)F)nc4ccccc43)nc(N3CCOCC3)n2)CC1. The van der Waals surface area contributed by atoms with Gasteiger partial charge in [0, 0.05) is 31.6 Å². The Balaban J connectivity index is 1.19. The summed E-state index contributed by atoms with van der Waals surface area (Å²) >= 11 is 0. The molecule has 2 saturated carbocycles. The van der Waals surface area contributed by atoms with Gasteiger partial charge in [0.25, 0.3) is 6.43 Å². The lowest BCUT2D eigenvalue weighted by Gasteiger charge is -2.30. The number of benzene rings is 1. The Morgan fingerprint density at radius 1 is 1.05 bits per heavy atom. The van der Waals surface area contributed by atoms with E-state index in [0.717, 1.165) is 25.7 Å². The minimum atomic E-state index is -2.78. The van der Waals surface area contributed by atoms with Crippen LogP contribution in [0.2, 0.25) is 0 Å². The minimum absolute atomic E-state index is 0.0613. The van der Waals surface area contributed by atoms with Crippen molar-refractivity contribution < 1.29 is 23.0 Å². The molecule has 0 atom stereocenters. The number of morpholine rings is 1. The van der Waals surface area contributed by atoms with Crippen molar-refractivity contribution in [3.8, 4) is 11.7 Å². The van der Waals surface area contributed by atoms with Crippen molar-refractivity contribution in [2.24, 2.45) is 5.92 Å². The molecule has 1 aromatic carbocycles. The summed E-state index contributed by atoms with van der Waals surface area (Å²) in [6, 6.07) is 9.19. The molecular weight excluding hydrogens is 518 g/mol. The molecule has 3 fully saturated rings. The van der Waals surface area contributed by atoms with Crippen molar-refractivity contribution in [3.05, 3.63) is 36.2 Å². The molecule has 3 aromatic rings. The maximum Gasteiger partial charge on any atom is 0.296 e. The predicted octanol–water partition coefficient (Wildman–Crippen LogP) is 4.63. The molecule has 40 heavy (non-hydrogen) atoms. The van der Waals surface area contributed by atoms with E-state index in [1.165, 1.54) is 23.8 Å². The van der Waals surface area contributed by atoms with Gasteiger partial charge in [-0.1, -0.05) is 18.6 Å². The molecular formula is C29H36F2N6O3. The van der Waals surface area contributed by atoms with Crippen LogP contribution >= 0.6 is 0 Å². The zero-order chi connectivity index (χ0) is 27.5. The monoisotopic (exact) mass is 554 g/mol. The molecule has 2 aliphatic carbocycles. The fourth-order valence-corrected chi connectivity index (χ4v) is 5.80. The average molecular weight is 555 g/mol. The van der Waals surface area contributed by atoms with Gasteiger partial charge in [-0.15, -0.1) is 0 Å². The van der Waals surface area contributed by atoms with Gasteiger partial charge in [0.15, 0.2) is 5.82 Å². The van der Waals surface area contributed by atoms with Crippen LogP contribution in [-0.2, 0) is 9.53 Å². The molecule has 11 heteroatoms. The lowest BCUT2D eigenvalue weighted by Crippen LogP contribution is -2.39. The summed E-state index contributed by atoms with van der Waals surface area (Å²) in [5.41, 5.74) is 1.02. The number of fused-ring (bicyclic) bond motifs is 1. The van der Waals surface area contributed by atoms with Gasteiger partial charge in [0.2, 0.25) is 11.8 Å². The van der Waals surface area contributed by atoms with Crippen molar-refractivity contribution in [1.82, 2.24) is 24.8 Å². The van der Waals surface area contributed by atoms with E-state index in [-0.39, 0.29) is 17.7 Å². The fourth-order valence-electron chi connectivity index (χ4n) is 5.80. The number of para-hydroxylation sites is 2. The molecule has 1 N–H and O–H groups in total. The number of ether oxygens (including phenoxy) is 2. The van der Waals surface area contributed by atoms with Crippen LogP contribution in [0, 0.1) is 5.92 Å². The first-order chi connectivity index (χ1) is 19.5. The van der Waals surface area contributed by atoms with Crippen molar-refractivity contribution in [3.63, 3.8) is 0 Å². The Morgan fingerprint density at radius 3 is 2.55 bits per heavy atom. The third-order valence-corrected chi connectivity index (χ3v) is 8.27. The van der Waals surface area contributed by atoms with Gasteiger partial charge in [-0.05, 0) is 56.6 Å². The largest absolute Gasteiger partial charge is 0.474 e. The highest BCUT2D eigenvalue weighted by atomic mass is 19.3. The number of halogens is 2.